The van der Waals surface area contributed by atoms with Crippen LogP contribution in [0.2, 0.25) is 0 Å². The molecule has 3 unspecified atom stereocenters. The minimum atomic E-state index is 0.260. The van der Waals surface area contributed by atoms with Crippen molar-refractivity contribution in [3.8, 4) is 0 Å². The van der Waals surface area contributed by atoms with Gasteiger partial charge >= 0.3 is 0 Å². The predicted octanol–water partition coefficient (Wildman–Crippen LogP) is 1.43. The van der Waals surface area contributed by atoms with Crippen LogP contribution in [0.5, 0.6) is 0 Å². The first-order valence-corrected chi connectivity index (χ1v) is 11.8. The summed E-state index contributed by atoms with van der Waals surface area (Å²) < 4.78 is 12.9. The van der Waals surface area contributed by atoms with Gasteiger partial charge in [-0.05, 0) is 24.8 Å². The Kier molecular flexibility index (Phi) is 7.54. The number of guanidine groups is 1. The van der Waals surface area contributed by atoms with Gasteiger partial charge in [-0.25, -0.2) is 9.67 Å². The van der Waals surface area contributed by atoms with Crippen molar-refractivity contribution >= 4 is 17.3 Å². The van der Waals surface area contributed by atoms with Gasteiger partial charge in [0.15, 0.2) is 11.8 Å². The molecule has 0 bridgehead atoms. The maximum atomic E-state index is 5.75. The van der Waals surface area contributed by atoms with Gasteiger partial charge in [0.05, 0.1) is 25.3 Å². The van der Waals surface area contributed by atoms with Crippen molar-refractivity contribution in [3.63, 3.8) is 0 Å². The second-order valence-corrected chi connectivity index (χ2v) is 9.08. The Morgan fingerprint density at radius 1 is 1.45 bits per heavy atom. The van der Waals surface area contributed by atoms with E-state index in [0.717, 1.165) is 63.2 Å². The van der Waals surface area contributed by atoms with Crippen molar-refractivity contribution < 1.29 is 9.47 Å². The summed E-state index contributed by atoms with van der Waals surface area (Å²) in [4.78, 5) is 12.9. The number of nitrogens with zero attached hydrogens (tertiary/aromatic N) is 5. The van der Waals surface area contributed by atoms with Crippen LogP contribution in [0.4, 0.5) is 0 Å². The topological polar surface area (TPSA) is 88.8 Å². The minimum absolute atomic E-state index is 0.260. The van der Waals surface area contributed by atoms with Gasteiger partial charge < -0.3 is 20.1 Å². The van der Waals surface area contributed by atoms with E-state index < -0.39 is 0 Å². The molecule has 0 radical (unpaired) electrons. The van der Waals surface area contributed by atoms with Crippen LogP contribution in [-0.2, 0) is 29.0 Å². The summed E-state index contributed by atoms with van der Waals surface area (Å²) in [6, 6.07) is 4.91. The molecule has 4 rings (SSSR count). The van der Waals surface area contributed by atoms with Crippen LogP contribution < -0.4 is 10.6 Å². The summed E-state index contributed by atoms with van der Waals surface area (Å²) in [5.41, 5.74) is 0. The number of hydrogen-bond donors (Lipinski definition) is 2. The Bertz CT molecular complexity index is 854. The molecule has 4 heterocycles. The number of morpholine rings is 1. The van der Waals surface area contributed by atoms with Gasteiger partial charge in [0.2, 0.25) is 0 Å². The fraction of sp³-hybridized carbons (Fsp3) is 0.667. The molecule has 2 aliphatic rings. The van der Waals surface area contributed by atoms with Crippen molar-refractivity contribution in [2.75, 3.05) is 40.4 Å². The molecule has 0 saturated carbocycles. The van der Waals surface area contributed by atoms with E-state index in [1.54, 1.807) is 7.11 Å². The molecule has 170 valence electrons. The molecule has 2 N–H and O–H groups in total. The van der Waals surface area contributed by atoms with E-state index in [1.165, 1.54) is 4.88 Å². The number of thiophene rings is 1. The second kappa shape index (κ2) is 10.5. The Balaban J connectivity index is 1.35. The summed E-state index contributed by atoms with van der Waals surface area (Å²) in [6.07, 6.45) is 2.16. The van der Waals surface area contributed by atoms with Crippen LogP contribution in [0.25, 0.3) is 0 Å². The van der Waals surface area contributed by atoms with Crippen LogP contribution in [-0.4, -0.2) is 78.2 Å². The molecule has 2 aliphatic heterocycles. The fourth-order valence-electron chi connectivity index (χ4n) is 4.27. The monoisotopic (exact) mass is 447 g/mol. The summed E-state index contributed by atoms with van der Waals surface area (Å²) in [5, 5.41) is 13.9. The van der Waals surface area contributed by atoms with Crippen molar-refractivity contribution in [1.29, 1.82) is 0 Å². The van der Waals surface area contributed by atoms with Gasteiger partial charge in [-0.3, -0.25) is 9.89 Å². The molecule has 0 spiro atoms. The molecule has 9 nitrogen and oxygen atoms in total. The molecule has 2 aromatic rings. The molecule has 2 aromatic heterocycles. The number of methoxy groups -OCH3 is 1. The number of aromatic nitrogens is 3. The van der Waals surface area contributed by atoms with Gasteiger partial charge in [0, 0.05) is 51.1 Å². The van der Waals surface area contributed by atoms with Crippen molar-refractivity contribution in [2.45, 2.75) is 51.1 Å². The Morgan fingerprint density at radius 3 is 3.10 bits per heavy atom. The van der Waals surface area contributed by atoms with Crippen LogP contribution in [0.15, 0.2) is 22.5 Å². The smallest absolute Gasteiger partial charge is 0.191 e. The first-order chi connectivity index (χ1) is 15.2. The number of fused-ring (bicyclic) bond motifs is 1. The van der Waals surface area contributed by atoms with E-state index in [0.29, 0.717) is 12.6 Å². The van der Waals surface area contributed by atoms with Gasteiger partial charge in [-0.1, -0.05) is 6.07 Å². The van der Waals surface area contributed by atoms with Crippen LogP contribution in [0, 0.1) is 0 Å². The zero-order chi connectivity index (χ0) is 21.6. The quantitative estimate of drug-likeness (QED) is 0.490. The van der Waals surface area contributed by atoms with E-state index in [1.807, 2.05) is 23.1 Å². The molecule has 0 amide bonds. The largest absolute Gasteiger partial charge is 0.377 e. The zero-order valence-corrected chi connectivity index (χ0v) is 19.4. The molecular formula is C21H33N7O2S. The Morgan fingerprint density at radius 2 is 2.35 bits per heavy atom. The normalized spacial score (nSPS) is 23.4. The molecule has 0 aromatic carbocycles. The van der Waals surface area contributed by atoms with Crippen molar-refractivity contribution in [3.05, 3.63) is 34.0 Å². The number of aliphatic imine (C=N–C) groups is 1. The highest BCUT2D eigenvalue weighted by Crippen LogP contribution is 2.26. The predicted molar refractivity (Wildman–Crippen MR) is 121 cm³/mol. The lowest BCUT2D eigenvalue weighted by Gasteiger charge is -2.37. The number of ether oxygens (including phenoxy) is 2. The number of aryl methyl sites for hydroxylation is 1. The second-order valence-electron chi connectivity index (χ2n) is 8.10. The number of nitrogens with one attached hydrogen (secondary N) is 2. The van der Waals surface area contributed by atoms with Crippen LogP contribution in [0.3, 0.4) is 0 Å². The lowest BCUT2D eigenvalue weighted by molar-refractivity contribution is -0.0334. The summed E-state index contributed by atoms with van der Waals surface area (Å²) in [5.74, 6) is 2.61. The van der Waals surface area contributed by atoms with Crippen LogP contribution >= 0.6 is 11.3 Å². The molecule has 3 atom stereocenters. The van der Waals surface area contributed by atoms with E-state index in [-0.39, 0.29) is 12.1 Å². The Labute approximate surface area is 187 Å². The maximum absolute atomic E-state index is 5.75. The molecule has 1 saturated heterocycles. The molecule has 31 heavy (non-hydrogen) atoms. The highest BCUT2D eigenvalue weighted by atomic mass is 32.1. The van der Waals surface area contributed by atoms with Gasteiger partial charge in [-0.15, -0.1) is 11.3 Å². The third-order valence-corrected chi connectivity index (χ3v) is 6.76. The summed E-state index contributed by atoms with van der Waals surface area (Å²) in [6.45, 7) is 6.84. The van der Waals surface area contributed by atoms with Crippen LogP contribution in [0.1, 0.15) is 35.9 Å². The Hall–Kier alpha value is -2.01. The zero-order valence-electron chi connectivity index (χ0n) is 18.6. The van der Waals surface area contributed by atoms with Gasteiger partial charge in [0.25, 0.3) is 0 Å². The fourth-order valence-corrected chi connectivity index (χ4v) is 5.13. The number of rotatable bonds is 7. The third kappa shape index (κ3) is 5.62. The first kappa shape index (κ1) is 22.2. The lowest BCUT2D eigenvalue weighted by atomic mass is 10.1. The molecular weight excluding hydrogens is 414 g/mol. The van der Waals surface area contributed by atoms with E-state index in [2.05, 4.69) is 55.0 Å². The van der Waals surface area contributed by atoms with Crippen molar-refractivity contribution in [2.24, 2.45) is 4.99 Å². The highest BCUT2D eigenvalue weighted by Gasteiger charge is 2.27. The van der Waals surface area contributed by atoms with Gasteiger partial charge in [-0.2, -0.15) is 5.10 Å². The average Bonchev–Trinajstić information content (AvgIpc) is 3.43. The average molecular weight is 448 g/mol. The van der Waals surface area contributed by atoms with Crippen molar-refractivity contribution in [1.82, 2.24) is 30.3 Å². The standard InChI is InChI=1S/C21H33N7O2S/c1-15-12-27(8-9-30-15)17(18-5-4-10-31-18)11-23-21(22-2)24-16-6-7-20-25-19(14-29-3)26-28(20)13-16/h4-5,10,15-17H,6-9,11-14H2,1-3H3,(H2,22,23,24). The van der Waals surface area contributed by atoms with E-state index >= 15 is 0 Å². The molecule has 1 fully saturated rings. The number of hydrogen-bond acceptors (Lipinski definition) is 7. The van der Waals surface area contributed by atoms with E-state index in [9.17, 15) is 0 Å². The maximum Gasteiger partial charge on any atom is 0.191 e. The molecule has 0 aliphatic carbocycles. The summed E-state index contributed by atoms with van der Waals surface area (Å²) >= 11 is 1.81. The summed E-state index contributed by atoms with van der Waals surface area (Å²) in [7, 11) is 3.49. The van der Waals surface area contributed by atoms with Gasteiger partial charge in [0.1, 0.15) is 12.4 Å². The van der Waals surface area contributed by atoms with E-state index in [4.69, 9.17) is 9.47 Å². The molecule has 10 heteroatoms. The lowest BCUT2D eigenvalue weighted by Crippen LogP contribution is -2.50. The highest BCUT2D eigenvalue weighted by molar-refractivity contribution is 7.10. The SMILES string of the molecule is CN=C(NCC(c1cccs1)N1CCOC(C)C1)NC1CCc2nc(COC)nn2C1. The minimum Gasteiger partial charge on any atom is -0.377 e. The third-order valence-electron chi connectivity index (χ3n) is 5.79. The first-order valence-electron chi connectivity index (χ1n) is 10.9.